The van der Waals surface area contributed by atoms with Gasteiger partial charge in [-0.15, -0.1) is 0 Å². The Morgan fingerprint density at radius 2 is 2.07 bits per heavy atom. The van der Waals surface area contributed by atoms with Crippen LogP contribution in [0, 0.1) is 0 Å². The second-order valence-electron chi connectivity index (χ2n) is 5.09. The Bertz CT molecular complexity index is 332. The molecular weight excluding hydrogens is 240 g/mol. The maximum atomic E-state index is 4.46. The highest BCUT2D eigenvalue weighted by Gasteiger charge is 2.29. The van der Waals surface area contributed by atoms with Crippen LogP contribution in [0.1, 0.15) is 51.6 Å². The highest BCUT2D eigenvalue weighted by molar-refractivity contribution is 9.10. The van der Waals surface area contributed by atoms with E-state index in [2.05, 4.69) is 46.5 Å². The van der Waals surface area contributed by atoms with Crippen molar-refractivity contribution in [3.8, 4) is 0 Å². The van der Waals surface area contributed by atoms with Gasteiger partial charge in [-0.05, 0) is 49.5 Å². The summed E-state index contributed by atoms with van der Waals surface area (Å²) in [5.41, 5.74) is 1.49. The molecule has 0 aromatic carbocycles. The monoisotopic (exact) mass is 256 g/mol. The van der Waals surface area contributed by atoms with Gasteiger partial charge < -0.3 is 0 Å². The average molecular weight is 257 g/mol. The molecule has 1 aromatic heterocycles. The van der Waals surface area contributed by atoms with Crippen LogP contribution in [0.4, 0.5) is 0 Å². The molecule has 0 bridgehead atoms. The van der Waals surface area contributed by atoms with Crippen LogP contribution in [0.15, 0.2) is 10.7 Å². The minimum absolute atomic E-state index is 0.0942. The minimum atomic E-state index is 0.0942. The van der Waals surface area contributed by atoms with Crippen molar-refractivity contribution in [1.82, 2.24) is 9.78 Å². The number of hydrogen-bond acceptors (Lipinski definition) is 1. The summed E-state index contributed by atoms with van der Waals surface area (Å²) >= 11 is 3.60. The average Bonchev–Trinajstić information content (AvgIpc) is 2.28. The molecule has 1 saturated carbocycles. The van der Waals surface area contributed by atoms with E-state index in [1.165, 1.54) is 29.4 Å². The highest BCUT2D eigenvalue weighted by atomic mass is 79.9. The van der Waals surface area contributed by atoms with Crippen LogP contribution in [0.5, 0.6) is 0 Å². The van der Waals surface area contributed by atoms with Crippen molar-refractivity contribution in [2.45, 2.75) is 51.5 Å². The zero-order chi connectivity index (χ0) is 10.3. The lowest BCUT2D eigenvalue weighted by atomic mass is 9.82. The van der Waals surface area contributed by atoms with E-state index in [0.29, 0.717) is 0 Å². The molecular formula is C11H17BrN2. The van der Waals surface area contributed by atoms with Crippen LogP contribution in [-0.2, 0) is 5.54 Å². The molecule has 2 nitrogen and oxygen atoms in total. The fourth-order valence-corrected chi connectivity index (χ4v) is 2.51. The third-order valence-electron chi connectivity index (χ3n) is 2.89. The third-order valence-corrected chi connectivity index (χ3v) is 3.50. The van der Waals surface area contributed by atoms with Crippen LogP contribution < -0.4 is 0 Å². The van der Waals surface area contributed by atoms with Gasteiger partial charge in [-0.2, -0.15) is 5.10 Å². The first kappa shape index (κ1) is 10.2. The number of halogens is 1. The zero-order valence-electron chi connectivity index (χ0n) is 9.05. The SMILES string of the molecule is CC(C)(C)n1ncc(Br)c1C1CCC1. The molecule has 0 N–H and O–H groups in total. The van der Waals surface area contributed by atoms with Crippen LogP contribution in [0.25, 0.3) is 0 Å². The molecule has 1 aliphatic carbocycles. The lowest BCUT2D eigenvalue weighted by Gasteiger charge is -2.31. The number of aromatic nitrogens is 2. The predicted octanol–water partition coefficient (Wildman–Crippen LogP) is 3.67. The summed E-state index contributed by atoms with van der Waals surface area (Å²) in [6.45, 7) is 6.61. The fraction of sp³-hybridized carbons (Fsp3) is 0.727. The van der Waals surface area contributed by atoms with Crippen molar-refractivity contribution in [3.05, 3.63) is 16.4 Å². The second kappa shape index (κ2) is 3.37. The molecule has 0 aliphatic heterocycles. The zero-order valence-corrected chi connectivity index (χ0v) is 10.6. The van der Waals surface area contributed by atoms with Crippen molar-refractivity contribution in [3.63, 3.8) is 0 Å². The summed E-state index contributed by atoms with van der Waals surface area (Å²) in [5.74, 6) is 0.728. The molecule has 1 heterocycles. The van der Waals surface area contributed by atoms with Crippen molar-refractivity contribution >= 4 is 15.9 Å². The molecule has 1 fully saturated rings. The van der Waals surface area contributed by atoms with E-state index in [4.69, 9.17) is 0 Å². The molecule has 1 aliphatic rings. The largest absolute Gasteiger partial charge is 0.263 e. The first-order valence-corrected chi connectivity index (χ1v) is 6.03. The number of rotatable bonds is 1. The van der Waals surface area contributed by atoms with Gasteiger partial charge in [-0.25, -0.2) is 0 Å². The summed E-state index contributed by atoms with van der Waals surface area (Å²) in [6, 6.07) is 0. The summed E-state index contributed by atoms with van der Waals surface area (Å²) in [7, 11) is 0. The van der Waals surface area contributed by atoms with Gasteiger partial charge in [-0.3, -0.25) is 4.68 Å². The van der Waals surface area contributed by atoms with Gasteiger partial charge in [0.25, 0.3) is 0 Å². The lowest BCUT2D eigenvalue weighted by Crippen LogP contribution is -2.28. The summed E-state index contributed by atoms with van der Waals surface area (Å²) in [6.07, 6.45) is 5.94. The Hall–Kier alpha value is -0.310. The number of nitrogens with zero attached hydrogens (tertiary/aromatic N) is 2. The van der Waals surface area contributed by atoms with E-state index < -0.39 is 0 Å². The van der Waals surface area contributed by atoms with Crippen molar-refractivity contribution in [2.24, 2.45) is 0 Å². The Kier molecular flexibility index (Phi) is 2.46. The molecule has 0 atom stereocenters. The molecule has 0 spiro atoms. The molecule has 3 heteroatoms. The van der Waals surface area contributed by atoms with E-state index in [9.17, 15) is 0 Å². The van der Waals surface area contributed by atoms with Crippen LogP contribution in [-0.4, -0.2) is 9.78 Å². The maximum Gasteiger partial charge on any atom is 0.0635 e. The molecule has 1 aromatic rings. The quantitative estimate of drug-likeness (QED) is 0.750. The van der Waals surface area contributed by atoms with Crippen molar-refractivity contribution in [1.29, 1.82) is 0 Å². The highest BCUT2D eigenvalue weighted by Crippen LogP contribution is 2.41. The molecule has 0 radical (unpaired) electrons. The van der Waals surface area contributed by atoms with Gasteiger partial charge in [0.2, 0.25) is 0 Å². The Morgan fingerprint density at radius 3 is 2.50 bits per heavy atom. The topological polar surface area (TPSA) is 17.8 Å². The predicted molar refractivity (Wildman–Crippen MR) is 61.5 cm³/mol. The molecule has 2 rings (SSSR count). The van der Waals surface area contributed by atoms with Crippen molar-refractivity contribution < 1.29 is 0 Å². The Labute approximate surface area is 93.8 Å². The first-order chi connectivity index (χ1) is 6.50. The van der Waals surface area contributed by atoms with Crippen LogP contribution in [0.2, 0.25) is 0 Å². The van der Waals surface area contributed by atoms with E-state index in [1.807, 2.05) is 6.20 Å². The smallest absolute Gasteiger partial charge is 0.0635 e. The van der Waals surface area contributed by atoms with Gasteiger partial charge >= 0.3 is 0 Å². The van der Waals surface area contributed by atoms with Crippen LogP contribution >= 0.6 is 15.9 Å². The molecule has 0 amide bonds. The van der Waals surface area contributed by atoms with E-state index in [0.717, 1.165) is 5.92 Å². The van der Waals surface area contributed by atoms with Gasteiger partial charge in [0.1, 0.15) is 0 Å². The Balaban J connectivity index is 2.40. The lowest BCUT2D eigenvalue weighted by molar-refractivity contribution is 0.306. The second-order valence-corrected chi connectivity index (χ2v) is 5.94. The molecule has 0 saturated heterocycles. The normalized spacial score (nSPS) is 18.3. The summed E-state index contributed by atoms with van der Waals surface area (Å²) < 4.78 is 3.35. The maximum absolute atomic E-state index is 4.46. The summed E-state index contributed by atoms with van der Waals surface area (Å²) in [4.78, 5) is 0. The van der Waals surface area contributed by atoms with E-state index in [1.54, 1.807) is 0 Å². The van der Waals surface area contributed by atoms with Gasteiger partial charge in [0, 0.05) is 5.92 Å². The minimum Gasteiger partial charge on any atom is -0.263 e. The van der Waals surface area contributed by atoms with E-state index in [-0.39, 0.29) is 5.54 Å². The van der Waals surface area contributed by atoms with Gasteiger partial charge in [-0.1, -0.05) is 6.42 Å². The van der Waals surface area contributed by atoms with E-state index >= 15 is 0 Å². The molecule has 0 unspecified atom stereocenters. The van der Waals surface area contributed by atoms with Gasteiger partial charge in [0.05, 0.1) is 21.9 Å². The molecule has 78 valence electrons. The standard InChI is InChI=1S/C11H17BrN2/c1-11(2,3)14-10(8-5-4-6-8)9(12)7-13-14/h7-8H,4-6H2,1-3H3. The Morgan fingerprint density at radius 1 is 1.43 bits per heavy atom. The number of hydrogen-bond donors (Lipinski definition) is 0. The molecule has 14 heavy (non-hydrogen) atoms. The van der Waals surface area contributed by atoms with Crippen molar-refractivity contribution in [2.75, 3.05) is 0 Å². The van der Waals surface area contributed by atoms with Crippen LogP contribution in [0.3, 0.4) is 0 Å². The third kappa shape index (κ3) is 1.62. The fourth-order valence-electron chi connectivity index (χ4n) is 1.92. The summed E-state index contributed by atoms with van der Waals surface area (Å²) in [5, 5.41) is 4.46. The van der Waals surface area contributed by atoms with Gasteiger partial charge in [0.15, 0.2) is 0 Å². The first-order valence-electron chi connectivity index (χ1n) is 5.24.